The van der Waals surface area contributed by atoms with Crippen LogP contribution >= 0.6 is 57.7 Å². The molecular weight excluding hydrogens is 374 g/mol. The number of nitrogens with one attached hydrogen (secondary N) is 1. The van der Waals surface area contributed by atoms with Gasteiger partial charge in [-0.3, -0.25) is 4.72 Å². The summed E-state index contributed by atoms with van der Waals surface area (Å²) in [5.41, 5.74) is 0.0530. The molecule has 1 heterocycles. The Morgan fingerprint density at radius 2 is 1.68 bits per heavy atom. The molecule has 0 saturated heterocycles. The van der Waals surface area contributed by atoms with Crippen molar-refractivity contribution in [3.8, 4) is 0 Å². The van der Waals surface area contributed by atoms with Gasteiger partial charge >= 0.3 is 0 Å². The van der Waals surface area contributed by atoms with Gasteiger partial charge in [-0.2, -0.15) is 0 Å². The summed E-state index contributed by atoms with van der Waals surface area (Å²) in [4.78, 5) is 3.66. The molecule has 1 N–H and O–H groups in total. The van der Waals surface area contributed by atoms with E-state index in [2.05, 4.69) is 9.71 Å². The fourth-order valence-electron chi connectivity index (χ4n) is 1.19. The van der Waals surface area contributed by atoms with Gasteiger partial charge in [0, 0.05) is 5.02 Å². The first-order valence-corrected chi connectivity index (χ1v) is 8.39. The predicted molar refractivity (Wildman–Crippen MR) is 79.4 cm³/mol. The Bertz CT molecular complexity index is 707. The van der Waals surface area contributed by atoms with Crippen LogP contribution in [-0.4, -0.2) is 13.4 Å². The van der Waals surface area contributed by atoms with Crippen LogP contribution in [0.2, 0.25) is 19.5 Å². The van der Waals surface area contributed by atoms with Crippen LogP contribution in [0.4, 0.5) is 5.69 Å². The second-order valence-corrected chi connectivity index (χ2v) is 8.06. The van der Waals surface area contributed by atoms with E-state index in [0.717, 1.165) is 17.5 Å². The first kappa shape index (κ1) is 15.2. The van der Waals surface area contributed by atoms with Crippen LogP contribution in [0, 0.1) is 0 Å². The van der Waals surface area contributed by atoms with Crippen molar-refractivity contribution in [1.29, 1.82) is 0 Å². The van der Waals surface area contributed by atoms with Gasteiger partial charge in [0.15, 0.2) is 8.68 Å². The van der Waals surface area contributed by atoms with Crippen molar-refractivity contribution < 1.29 is 8.42 Å². The van der Waals surface area contributed by atoms with Crippen molar-refractivity contribution in [3.63, 3.8) is 0 Å². The number of rotatable bonds is 3. The van der Waals surface area contributed by atoms with E-state index < -0.39 is 10.0 Å². The van der Waals surface area contributed by atoms with Crippen molar-refractivity contribution in [3.05, 3.63) is 37.9 Å². The maximum atomic E-state index is 12.1. The molecule has 1 aromatic carbocycles. The number of anilines is 1. The minimum absolute atomic E-state index is 0.0421. The fourth-order valence-corrected chi connectivity index (χ4v) is 4.60. The first-order chi connectivity index (χ1) is 8.79. The lowest BCUT2D eigenvalue weighted by Crippen LogP contribution is -2.12. The summed E-state index contributed by atoms with van der Waals surface area (Å²) in [6.45, 7) is 0. The van der Waals surface area contributed by atoms with E-state index in [9.17, 15) is 8.42 Å². The van der Waals surface area contributed by atoms with Crippen molar-refractivity contribution in [2.24, 2.45) is 0 Å². The van der Waals surface area contributed by atoms with E-state index in [-0.39, 0.29) is 24.4 Å². The molecule has 2 rings (SSSR count). The Morgan fingerprint density at radius 3 is 2.16 bits per heavy atom. The molecule has 0 aliphatic rings. The van der Waals surface area contributed by atoms with Crippen molar-refractivity contribution in [1.82, 2.24) is 4.98 Å². The Kier molecular flexibility index (Phi) is 4.49. The third-order valence-electron chi connectivity index (χ3n) is 1.96. The molecule has 102 valence electrons. The van der Waals surface area contributed by atoms with Gasteiger partial charge in [0.25, 0.3) is 10.0 Å². The molecule has 10 heteroatoms. The van der Waals surface area contributed by atoms with Gasteiger partial charge in [-0.05, 0) is 12.1 Å². The molecule has 0 unspecified atom stereocenters. The topological polar surface area (TPSA) is 59.1 Å². The van der Waals surface area contributed by atoms with Crippen LogP contribution in [0.1, 0.15) is 0 Å². The van der Waals surface area contributed by atoms with Crippen LogP contribution in [0.15, 0.2) is 22.5 Å². The van der Waals surface area contributed by atoms with Gasteiger partial charge in [-0.15, -0.1) is 0 Å². The highest BCUT2D eigenvalue weighted by atomic mass is 35.5. The normalized spacial score (nSPS) is 11.6. The van der Waals surface area contributed by atoms with Gasteiger partial charge in [0.05, 0.1) is 21.9 Å². The van der Waals surface area contributed by atoms with E-state index in [1.807, 2.05) is 0 Å². The summed E-state index contributed by atoms with van der Waals surface area (Å²) in [5, 5.41) is 0.493. The lowest BCUT2D eigenvalue weighted by Gasteiger charge is -2.10. The summed E-state index contributed by atoms with van der Waals surface area (Å²) in [6.07, 6.45) is 1.15. The number of nitrogens with zero attached hydrogens (tertiary/aromatic N) is 1. The quantitative estimate of drug-likeness (QED) is 0.852. The van der Waals surface area contributed by atoms with E-state index in [1.165, 1.54) is 12.1 Å². The van der Waals surface area contributed by atoms with Gasteiger partial charge < -0.3 is 0 Å². The molecule has 4 nitrogen and oxygen atoms in total. The molecule has 0 bridgehead atoms. The highest BCUT2D eigenvalue weighted by molar-refractivity contribution is 7.94. The highest BCUT2D eigenvalue weighted by Crippen LogP contribution is 2.35. The van der Waals surface area contributed by atoms with Crippen LogP contribution in [0.5, 0.6) is 0 Å². The van der Waals surface area contributed by atoms with Gasteiger partial charge in [-0.25, -0.2) is 13.4 Å². The number of benzene rings is 1. The van der Waals surface area contributed by atoms with Gasteiger partial charge in [-0.1, -0.05) is 57.7 Å². The lowest BCUT2D eigenvalue weighted by molar-refractivity contribution is 0.603. The summed E-state index contributed by atoms with van der Waals surface area (Å²) in [6, 6.07) is 2.76. The molecule has 0 aliphatic carbocycles. The zero-order valence-electron chi connectivity index (χ0n) is 8.82. The second kappa shape index (κ2) is 5.63. The lowest BCUT2D eigenvalue weighted by atomic mass is 10.3. The molecular formula is C9H4Cl4N2O2S2. The largest absolute Gasteiger partial charge is 0.276 e. The van der Waals surface area contributed by atoms with Gasteiger partial charge in [0.2, 0.25) is 0 Å². The van der Waals surface area contributed by atoms with Crippen LogP contribution in [0.3, 0.4) is 0 Å². The summed E-state index contributed by atoms with van der Waals surface area (Å²) < 4.78 is 26.5. The zero-order valence-corrected chi connectivity index (χ0v) is 13.5. The number of hydrogen-bond donors (Lipinski definition) is 1. The van der Waals surface area contributed by atoms with Crippen molar-refractivity contribution >= 4 is 73.5 Å². The number of halogens is 4. The van der Waals surface area contributed by atoms with Crippen molar-refractivity contribution in [2.45, 2.75) is 4.21 Å². The van der Waals surface area contributed by atoms with E-state index in [0.29, 0.717) is 5.02 Å². The van der Waals surface area contributed by atoms with E-state index in [4.69, 9.17) is 46.4 Å². The Morgan fingerprint density at radius 1 is 1.11 bits per heavy atom. The molecule has 0 fully saturated rings. The maximum absolute atomic E-state index is 12.1. The fraction of sp³-hybridized carbons (Fsp3) is 0. The maximum Gasteiger partial charge on any atom is 0.273 e. The SMILES string of the molecule is O=S(=O)(Nc1c(Cl)cc(Cl)cc1Cl)c1cnc(Cl)s1. The molecule has 0 atom stereocenters. The monoisotopic (exact) mass is 376 g/mol. The summed E-state index contributed by atoms with van der Waals surface area (Å²) in [5.74, 6) is 0. The number of hydrogen-bond acceptors (Lipinski definition) is 4. The molecule has 2 aromatic rings. The van der Waals surface area contributed by atoms with Crippen LogP contribution in [0.25, 0.3) is 0 Å². The average Bonchev–Trinajstić information content (AvgIpc) is 2.71. The predicted octanol–water partition coefficient (Wildman–Crippen LogP) is 4.56. The van der Waals surface area contributed by atoms with Gasteiger partial charge in [0.1, 0.15) is 0 Å². The highest BCUT2D eigenvalue weighted by Gasteiger charge is 2.20. The Balaban J connectivity index is 2.41. The number of thiazole rings is 1. The smallest absolute Gasteiger partial charge is 0.273 e. The second-order valence-electron chi connectivity index (χ2n) is 3.28. The molecule has 0 amide bonds. The molecule has 0 aliphatic heterocycles. The Labute approximate surface area is 133 Å². The third kappa shape index (κ3) is 3.45. The van der Waals surface area contributed by atoms with Crippen molar-refractivity contribution in [2.75, 3.05) is 4.72 Å². The molecule has 1 aromatic heterocycles. The minimum atomic E-state index is -3.84. The standard InChI is InChI=1S/C9H4Cl4N2O2S2/c10-4-1-5(11)8(6(12)2-4)15-19(16,17)7-3-14-9(13)18-7/h1-3,15H. The molecule has 0 radical (unpaired) electrons. The molecule has 0 spiro atoms. The van der Waals surface area contributed by atoms with E-state index in [1.54, 1.807) is 0 Å². The summed E-state index contributed by atoms with van der Waals surface area (Å²) >= 11 is 24.0. The zero-order chi connectivity index (χ0) is 14.2. The molecule has 19 heavy (non-hydrogen) atoms. The van der Waals surface area contributed by atoms with Crippen LogP contribution in [-0.2, 0) is 10.0 Å². The summed E-state index contributed by atoms with van der Waals surface area (Å²) in [7, 11) is -3.84. The number of aromatic nitrogens is 1. The minimum Gasteiger partial charge on any atom is -0.276 e. The molecule has 0 saturated carbocycles. The van der Waals surface area contributed by atoms with Crippen LogP contribution < -0.4 is 4.72 Å². The third-order valence-corrected chi connectivity index (χ3v) is 5.70. The van der Waals surface area contributed by atoms with E-state index >= 15 is 0 Å². The number of sulfonamides is 1. The first-order valence-electron chi connectivity index (χ1n) is 4.58. The average molecular weight is 378 g/mol. The Hall–Kier alpha value is -0.240.